The lowest BCUT2D eigenvalue weighted by atomic mass is 9.80. The van der Waals surface area contributed by atoms with E-state index in [1.54, 1.807) is 0 Å². The van der Waals surface area contributed by atoms with Gasteiger partial charge in [0.15, 0.2) is 9.84 Å². The summed E-state index contributed by atoms with van der Waals surface area (Å²) in [6, 6.07) is 2.88. The molecule has 1 aliphatic rings. The largest absolute Gasteiger partial charge is 0.479 e. The maximum absolute atomic E-state index is 12.9. The molecule has 1 aromatic rings. The average molecular weight is 384 g/mol. The predicted molar refractivity (Wildman–Crippen MR) is 91.8 cm³/mol. The Balaban J connectivity index is 2.52. The number of amides is 1. The van der Waals surface area contributed by atoms with E-state index in [9.17, 15) is 33.2 Å². The van der Waals surface area contributed by atoms with Crippen molar-refractivity contribution in [1.82, 2.24) is 4.90 Å². The number of rotatable bonds is 5. The maximum atomic E-state index is 12.9. The Morgan fingerprint density at radius 1 is 1.19 bits per heavy atom. The Kier molecular flexibility index (Phi) is 5.36. The van der Waals surface area contributed by atoms with Crippen molar-refractivity contribution in [3.05, 3.63) is 33.9 Å². The zero-order chi connectivity index (χ0) is 19.7. The molecule has 10 heteroatoms. The standard InChI is InChI=1S/C16H20N2O7S/c1-17(16(15(20)21)6-4-3-5-7-16)14(19)11-8-12(18(22)23)10-13(9-11)26(2,24)25/h8-10H,3-7H2,1-2H3,(H,20,21). The van der Waals surface area contributed by atoms with Gasteiger partial charge in [-0.3, -0.25) is 14.9 Å². The van der Waals surface area contributed by atoms with Gasteiger partial charge in [-0.25, -0.2) is 13.2 Å². The summed E-state index contributed by atoms with van der Waals surface area (Å²) in [7, 11) is -2.45. The molecule has 1 N–H and O–H groups in total. The van der Waals surface area contributed by atoms with Crippen LogP contribution in [0, 0.1) is 10.1 Å². The Bertz CT molecular complexity index is 857. The fourth-order valence-corrected chi connectivity index (χ4v) is 3.92. The molecule has 1 aromatic carbocycles. The number of nitro groups is 1. The number of hydrogen-bond acceptors (Lipinski definition) is 6. The summed E-state index contributed by atoms with van der Waals surface area (Å²) in [6.45, 7) is 0. The van der Waals surface area contributed by atoms with Gasteiger partial charge in [0, 0.05) is 31.0 Å². The molecule has 0 saturated heterocycles. The summed E-state index contributed by atoms with van der Waals surface area (Å²) in [5.74, 6) is -1.90. The van der Waals surface area contributed by atoms with Crippen LogP contribution in [0.25, 0.3) is 0 Å². The van der Waals surface area contributed by atoms with Crippen molar-refractivity contribution < 1.29 is 28.0 Å². The summed E-state index contributed by atoms with van der Waals surface area (Å²) >= 11 is 0. The average Bonchev–Trinajstić information content (AvgIpc) is 2.59. The van der Waals surface area contributed by atoms with Crippen molar-refractivity contribution >= 4 is 27.4 Å². The highest BCUT2D eigenvalue weighted by Crippen LogP contribution is 2.34. The quantitative estimate of drug-likeness (QED) is 0.604. The molecule has 1 saturated carbocycles. The predicted octanol–water partition coefficient (Wildman–Crippen LogP) is 1.86. The maximum Gasteiger partial charge on any atom is 0.329 e. The van der Waals surface area contributed by atoms with E-state index in [1.807, 2.05) is 0 Å². The molecule has 0 spiro atoms. The van der Waals surface area contributed by atoms with E-state index in [4.69, 9.17) is 0 Å². The highest BCUT2D eigenvalue weighted by atomic mass is 32.2. The Labute approximate surface area is 150 Å². The van der Waals surface area contributed by atoms with Crippen molar-refractivity contribution in [2.75, 3.05) is 13.3 Å². The lowest BCUT2D eigenvalue weighted by Gasteiger charge is -2.41. The molecule has 2 rings (SSSR count). The van der Waals surface area contributed by atoms with Crippen molar-refractivity contribution in [1.29, 1.82) is 0 Å². The molecule has 0 radical (unpaired) electrons. The number of benzene rings is 1. The van der Waals surface area contributed by atoms with Crippen LogP contribution in [0.4, 0.5) is 5.69 Å². The van der Waals surface area contributed by atoms with Crippen LogP contribution in [-0.2, 0) is 14.6 Å². The Morgan fingerprint density at radius 3 is 2.23 bits per heavy atom. The minimum Gasteiger partial charge on any atom is -0.479 e. The monoisotopic (exact) mass is 384 g/mol. The van der Waals surface area contributed by atoms with Crippen LogP contribution in [0.5, 0.6) is 0 Å². The first-order chi connectivity index (χ1) is 12.0. The number of sulfone groups is 1. The van der Waals surface area contributed by atoms with Crippen molar-refractivity contribution in [3.8, 4) is 0 Å². The number of carboxylic acids is 1. The molecule has 0 unspecified atom stereocenters. The zero-order valence-corrected chi connectivity index (χ0v) is 15.3. The molecule has 26 heavy (non-hydrogen) atoms. The normalized spacial score (nSPS) is 16.7. The fraction of sp³-hybridized carbons (Fsp3) is 0.500. The number of nitro benzene ring substituents is 1. The van der Waals surface area contributed by atoms with E-state index in [1.165, 1.54) is 7.05 Å². The third-order valence-corrected chi connectivity index (χ3v) is 5.89. The van der Waals surface area contributed by atoms with Crippen LogP contribution >= 0.6 is 0 Å². The lowest BCUT2D eigenvalue weighted by molar-refractivity contribution is -0.385. The van der Waals surface area contributed by atoms with E-state index in [2.05, 4.69) is 0 Å². The number of nitrogens with zero attached hydrogens (tertiary/aromatic N) is 2. The molecule has 0 aromatic heterocycles. The topological polar surface area (TPSA) is 135 Å². The molecule has 9 nitrogen and oxygen atoms in total. The van der Waals surface area contributed by atoms with E-state index in [-0.39, 0.29) is 23.3 Å². The molecular formula is C16H20N2O7S. The first-order valence-electron chi connectivity index (χ1n) is 8.00. The summed E-state index contributed by atoms with van der Waals surface area (Å²) in [6.07, 6.45) is 3.59. The van der Waals surface area contributed by atoms with Gasteiger partial charge in [0.05, 0.1) is 9.82 Å². The molecule has 142 valence electrons. The van der Waals surface area contributed by atoms with Crippen molar-refractivity contribution in [2.45, 2.75) is 42.5 Å². The highest BCUT2D eigenvalue weighted by Gasteiger charge is 2.45. The molecule has 1 fully saturated rings. The summed E-state index contributed by atoms with van der Waals surface area (Å²) in [4.78, 5) is 35.7. The molecule has 1 aliphatic carbocycles. The van der Waals surface area contributed by atoms with Gasteiger partial charge in [-0.15, -0.1) is 0 Å². The lowest BCUT2D eigenvalue weighted by Crippen LogP contribution is -2.56. The van der Waals surface area contributed by atoms with Crippen LogP contribution in [0.15, 0.2) is 23.1 Å². The van der Waals surface area contributed by atoms with E-state index < -0.39 is 37.9 Å². The van der Waals surface area contributed by atoms with Crippen LogP contribution < -0.4 is 0 Å². The third-order valence-electron chi connectivity index (χ3n) is 4.80. The number of non-ortho nitro benzene ring substituents is 1. The van der Waals surface area contributed by atoms with E-state index in [0.717, 1.165) is 35.8 Å². The van der Waals surface area contributed by atoms with Gasteiger partial charge >= 0.3 is 5.97 Å². The third kappa shape index (κ3) is 3.69. The second-order valence-electron chi connectivity index (χ2n) is 6.51. The zero-order valence-electron chi connectivity index (χ0n) is 14.5. The first-order valence-corrected chi connectivity index (χ1v) is 9.89. The van der Waals surface area contributed by atoms with Crippen LogP contribution in [0.1, 0.15) is 42.5 Å². The number of likely N-dealkylation sites (N-methyl/N-ethyl adjacent to an activating group) is 1. The molecule has 0 atom stereocenters. The van der Waals surface area contributed by atoms with Crippen molar-refractivity contribution in [2.24, 2.45) is 0 Å². The molecule has 0 heterocycles. The van der Waals surface area contributed by atoms with Gasteiger partial charge in [-0.1, -0.05) is 19.3 Å². The SMILES string of the molecule is CN(C(=O)c1cc([N+](=O)[O-])cc(S(C)(=O)=O)c1)C1(C(=O)O)CCCCC1. The summed E-state index contributed by atoms with van der Waals surface area (Å²) < 4.78 is 23.6. The van der Waals surface area contributed by atoms with Crippen LogP contribution in [0.2, 0.25) is 0 Å². The molecule has 1 amide bonds. The Hall–Kier alpha value is -2.49. The smallest absolute Gasteiger partial charge is 0.329 e. The molecule has 0 bridgehead atoms. The fourth-order valence-electron chi connectivity index (χ4n) is 3.24. The van der Waals surface area contributed by atoms with Crippen LogP contribution in [-0.4, -0.2) is 54.1 Å². The number of hydrogen-bond donors (Lipinski definition) is 1. The van der Waals surface area contributed by atoms with Gasteiger partial charge < -0.3 is 10.0 Å². The van der Waals surface area contributed by atoms with Crippen molar-refractivity contribution in [3.63, 3.8) is 0 Å². The second-order valence-corrected chi connectivity index (χ2v) is 8.52. The number of carbonyl (C=O) groups is 2. The van der Waals surface area contributed by atoms with E-state index in [0.29, 0.717) is 12.8 Å². The Morgan fingerprint density at radius 2 is 1.77 bits per heavy atom. The van der Waals surface area contributed by atoms with Crippen LogP contribution in [0.3, 0.4) is 0 Å². The van der Waals surface area contributed by atoms with E-state index >= 15 is 0 Å². The van der Waals surface area contributed by atoms with Gasteiger partial charge in [-0.2, -0.15) is 0 Å². The summed E-state index contributed by atoms with van der Waals surface area (Å²) in [5, 5.41) is 20.8. The number of carboxylic acid groups (broad SMARTS) is 1. The minimum absolute atomic E-state index is 0.228. The number of carbonyl (C=O) groups excluding carboxylic acids is 1. The van der Waals surface area contributed by atoms with Gasteiger partial charge in [0.1, 0.15) is 5.54 Å². The molecule has 0 aliphatic heterocycles. The second kappa shape index (κ2) is 7.02. The van der Waals surface area contributed by atoms with Gasteiger partial charge in [0.2, 0.25) is 0 Å². The summed E-state index contributed by atoms with van der Waals surface area (Å²) in [5.41, 5.74) is -2.17. The number of aliphatic carboxylic acids is 1. The van der Waals surface area contributed by atoms with Gasteiger partial charge in [-0.05, 0) is 18.9 Å². The first kappa shape index (κ1) is 19.8. The molecular weight excluding hydrogens is 364 g/mol. The minimum atomic E-state index is -3.79. The highest BCUT2D eigenvalue weighted by molar-refractivity contribution is 7.90. The van der Waals surface area contributed by atoms with Gasteiger partial charge in [0.25, 0.3) is 11.6 Å².